The number of aromatic nitrogens is 4. The van der Waals surface area contributed by atoms with Crippen molar-refractivity contribution in [2.75, 3.05) is 24.5 Å². The van der Waals surface area contributed by atoms with Crippen LogP contribution in [0.4, 0.5) is 5.82 Å². The lowest BCUT2D eigenvalue weighted by Crippen LogP contribution is -2.46. The fraction of sp³-hybridized carbons (Fsp3) is 0.360. The molecule has 2 N–H and O–H groups in total. The number of benzene rings is 1. The van der Waals surface area contributed by atoms with Crippen LogP contribution in [0.25, 0.3) is 22.1 Å². The van der Waals surface area contributed by atoms with E-state index < -0.39 is 0 Å². The minimum Gasteiger partial charge on any atom is -0.361 e. The summed E-state index contributed by atoms with van der Waals surface area (Å²) in [6, 6.07) is 11.9. The van der Waals surface area contributed by atoms with Crippen molar-refractivity contribution < 1.29 is 4.79 Å². The molecule has 1 fully saturated rings. The molecule has 1 aliphatic rings. The van der Waals surface area contributed by atoms with Gasteiger partial charge in [-0.2, -0.15) is 0 Å². The molecule has 5 rings (SSSR count). The van der Waals surface area contributed by atoms with Crippen LogP contribution < -0.4 is 15.8 Å². The Bertz CT molecular complexity index is 1360. The number of rotatable bonds is 6. The number of para-hydroxylation sites is 1. The number of carbonyl (C=O) groups is 1. The van der Waals surface area contributed by atoms with Crippen LogP contribution in [0.1, 0.15) is 25.3 Å². The molecule has 0 spiro atoms. The number of hydrogen-bond acceptors (Lipinski definition) is 5. The highest BCUT2D eigenvalue weighted by molar-refractivity contribution is 5.83. The smallest absolute Gasteiger partial charge is 0.295 e. The average molecular weight is 445 g/mol. The molecule has 4 heterocycles. The van der Waals surface area contributed by atoms with E-state index in [4.69, 9.17) is 0 Å². The Hall–Kier alpha value is -3.68. The predicted molar refractivity (Wildman–Crippen MR) is 129 cm³/mol. The van der Waals surface area contributed by atoms with Gasteiger partial charge in [0.1, 0.15) is 5.52 Å². The van der Waals surface area contributed by atoms with Gasteiger partial charge >= 0.3 is 0 Å². The second-order valence-corrected chi connectivity index (χ2v) is 8.52. The maximum atomic E-state index is 13.1. The van der Waals surface area contributed by atoms with Gasteiger partial charge in [-0.25, -0.2) is 9.97 Å². The zero-order chi connectivity index (χ0) is 22.8. The molecule has 33 heavy (non-hydrogen) atoms. The first kappa shape index (κ1) is 21.2. The van der Waals surface area contributed by atoms with Crippen molar-refractivity contribution in [2.24, 2.45) is 5.92 Å². The van der Waals surface area contributed by atoms with E-state index in [1.165, 1.54) is 10.9 Å². The third-order valence-electron chi connectivity index (χ3n) is 6.46. The number of fused-ring (bicyclic) bond motifs is 2. The molecule has 170 valence electrons. The molecule has 8 nitrogen and oxygen atoms in total. The fourth-order valence-electron chi connectivity index (χ4n) is 4.75. The van der Waals surface area contributed by atoms with Crippen molar-refractivity contribution in [1.82, 2.24) is 24.8 Å². The molecule has 4 aromatic rings. The van der Waals surface area contributed by atoms with Crippen LogP contribution in [-0.2, 0) is 17.8 Å². The van der Waals surface area contributed by atoms with Crippen LogP contribution in [0.15, 0.2) is 53.6 Å². The Morgan fingerprint density at radius 2 is 2.12 bits per heavy atom. The van der Waals surface area contributed by atoms with Crippen LogP contribution in [0.3, 0.4) is 0 Å². The first-order valence-corrected chi connectivity index (χ1v) is 11.6. The van der Waals surface area contributed by atoms with Crippen LogP contribution in [0, 0.1) is 5.92 Å². The summed E-state index contributed by atoms with van der Waals surface area (Å²) in [4.78, 5) is 40.2. The van der Waals surface area contributed by atoms with Crippen molar-refractivity contribution in [3.8, 4) is 0 Å². The molecule has 1 saturated heterocycles. The standard InChI is InChI=1S/C25H28N6O2/c1-2-31-22-21(10-5-12-26-22)29-23(25(31)33)30-14-6-7-18(16-30)24(32)27-13-11-17-15-28-20-9-4-3-8-19(17)20/h3-5,8-10,12,15,18,28H,2,6-7,11,13-14,16H2,1H3,(H,27,32)/t18-/m1/s1. The first-order valence-electron chi connectivity index (χ1n) is 11.6. The lowest BCUT2D eigenvalue weighted by Gasteiger charge is -2.32. The van der Waals surface area contributed by atoms with E-state index in [1.54, 1.807) is 10.8 Å². The molecule has 1 aromatic carbocycles. The van der Waals surface area contributed by atoms with Gasteiger partial charge in [0.25, 0.3) is 5.56 Å². The summed E-state index contributed by atoms with van der Waals surface area (Å²) in [5.74, 6) is 0.286. The highest BCUT2D eigenvalue weighted by atomic mass is 16.2. The van der Waals surface area contributed by atoms with Gasteiger partial charge < -0.3 is 15.2 Å². The van der Waals surface area contributed by atoms with Gasteiger partial charge in [0.05, 0.1) is 5.92 Å². The largest absolute Gasteiger partial charge is 0.361 e. The van der Waals surface area contributed by atoms with Crippen molar-refractivity contribution in [1.29, 1.82) is 0 Å². The first-order chi connectivity index (χ1) is 16.2. The van der Waals surface area contributed by atoms with E-state index in [2.05, 4.69) is 32.4 Å². The van der Waals surface area contributed by atoms with Crippen molar-refractivity contribution in [3.05, 3.63) is 64.7 Å². The Morgan fingerprint density at radius 1 is 1.24 bits per heavy atom. The summed E-state index contributed by atoms with van der Waals surface area (Å²) >= 11 is 0. The minimum absolute atomic E-state index is 0.0396. The number of anilines is 1. The van der Waals surface area contributed by atoms with Gasteiger partial charge in [0.15, 0.2) is 11.5 Å². The number of aromatic amines is 1. The number of amides is 1. The lowest BCUT2D eigenvalue weighted by atomic mass is 9.97. The third-order valence-corrected chi connectivity index (χ3v) is 6.46. The fourth-order valence-corrected chi connectivity index (χ4v) is 4.75. The third kappa shape index (κ3) is 4.08. The SMILES string of the molecule is CCn1c(=O)c(N2CCC[C@@H](C(=O)NCCc3c[nH]c4ccccc34)C2)nc2cccnc21. The summed E-state index contributed by atoms with van der Waals surface area (Å²) in [6.45, 7) is 4.25. The van der Waals surface area contributed by atoms with Gasteiger partial charge in [0.2, 0.25) is 5.91 Å². The molecule has 0 bridgehead atoms. The van der Waals surface area contributed by atoms with E-state index in [9.17, 15) is 9.59 Å². The molecule has 1 atom stereocenters. The zero-order valence-electron chi connectivity index (χ0n) is 18.8. The van der Waals surface area contributed by atoms with Crippen LogP contribution in [0.2, 0.25) is 0 Å². The minimum atomic E-state index is -0.164. The summed E-state index contributed by atoms with van der Waals surface area (Å²) in [5, 5.41) is 4.30. The number of H-pyrrole nitrogens is 1. The van der Waals surface area contributed by atoms with Crippen molar-refractivity contribution in [2.45, 2.75) is 32.7 Å². The molecular formula is C25H28N6O2. The number of nitrogens with one attached hydrogen (secondary N) is 2. The second-order valence-electron chi connectivity index (χ2n) is 8.52. The Morgan fingerprint density at radius 3 is 3.00 bits per heavy atom. The lowest BCUT2D eigenvalue weighted by molar-refractivity contribution is -0.125. The average Bonchev–Trinajstić information content (AvgIpc) is 3.27. The maximum absolute atomic E-state index is 13.1. The van der Waals surface area contributed by atoms with E-state index in [1.807, 2.05) is 42.3 Å². The number of nitrogens with zero attached hydrogens (tertiary/aromatic N) is 4. The van der Waals surface area contributed by atoms with E-state index >= 15 is 0 Å². The van der Waals surface area contributed by atoms with Gasteiger partial charge in [-0.3, -0.25) is 14.2 Å². The molecule has 0 saturated carbocycles. The van der Waals surface area contributed by atoms with Crippen molar-refractivity contribution >= 4 is 33.8 Å². The molecule has 8 heteroatoms. The number of aryl methyl sites for hydroxylation is 1. The second kappa shape index (κ2) is 9.05. The Kier molecular flexibility index (Phi) is 5.81. The summed E-state index contributed by atoms with van der Waals surface area (Å²) in [6.07, 6.45) is 6.11. The molecule has 1 amide bonds. The quantitative estimate of drug-likeness (QED) is 0.477. The van der Waals surface area contributed by atoms with Gasteiger partial charge in [-0.1, -0.05) is 18.2 Å². The molecular weight excluding hydrogens is 416 g/mol. The van der Waals surface area contributed by atoms with Gasteiger partial charge in [-0.05, 0) is 49.9 Å². The zero-order valence-corrected chi connectivity index (χ0v) is 18.8. The highest BCUT2D eigenvalue weighted by Gasteiger charge is 2.28. The molecule has 0 aliphatic carbocycles. The summed E-state index contributed by atoms with van der Waals surface area (Å²) in [7, 11) is 0. The predicted octanol–water partition coefficient (Wildman–Crippen LogP) is 2.87. The molecule has 0 radical (unpaired) electrons. The van der Waals surface area contributed by atoms with Crippen LogP contribution >= 0.6 is 0 Å². The van der Waals surface area contributed by atoms with Gasteiger partial charge in [0, 0.05) is 49.5 Å². The Balaban J connectivity index is 1.27. The topological polar surface area (TPSA) is 95.9 Å². The number of hydrogen-bond donors (Lipinski definition) is 2. The Labute approximate surface area is 191 Å². The van der Waals surface area contributed by atoms with Crippen molar-refractivity contribution in [3.63, 3.8) is 0 Å². The summed E-state index contributed by atoms with van der Waals surface area (Å²) in [5.41, 5.74) is 3.45. The summed E-state index contributed by atoms with van der Waals surface area (Å²) < 4.78 is 1.66. The highest BCUT2D eigenvalue weighted by Crippen LogP contribution is 2.22. The van der Waals surface area contributed by atoms with Gasteiger partial charge in [-0.15, -0.1) is 0 Å². The monoisotopic (exact) mass is 444 g/mol. The van der Waals surface area contributed by atoms with E-state index in [-0.39, 0.29) is 17.4 Å². The van der Waals surface area contributed by atoms with E-state index in [0.717, 1.165) is 31.3 Å². The normalized spacial score (nSPS) is 16.4. The van der Waals surface area contributed by atoms with Crippen LogP contribution in [-0.4, -0.2) is 45.1 Å². The molecule has 3 aromatic heterocycles. The number of carbonyl (C=O) groups excluding carboxylic acids is 1. The van der Waals surface area contributed by atoms with E-state index in [0.29, 0.717) is 36.6 Å². The molecule has 0 unspecified atom stereocenters. The maximum Gasteiger partial charge on any atom is 0.295 e. The number of piperidine rings is 1. The number of pyridine rings is 1. The molecule has 1 aliphatic heterocycles. The van der Waals surface area contributed by atoms with Crippen LogP contribution in [0.5, 0.6) is 0 Å².